The van der Waals surface area contributed by atoms with Crippen LogP contribution in [0.25, 0.3) is 0 Å². The van der Waals surface area contributed by atoms with Gasteiger partial charge in [-0.25, -0.2) is 4.98 Å². The Hall–Kier alpha value is -1.13. The van der Waals surface area contributed by atoms with Gasteiger partial charge in [-0.2, -0.15) is 0 Å². The molecule has 3 unspecified atom stereocenters. The van der Waals surface area contributed by atoms with E-state index in [1.807, 2.05) is 19.3 Å². The average molecular weight is 264 g/mol. The Morgan fingerprint density at radius 1 is 1.32 bits per heavy atom. The van der Waals surface area contributed by atoms with Crippen molar-refractivity contribution >= 4 is 0 Å². The number of hydrogen-bond donors (Lipinski definition) is 1. The van der Waals surface area contributed by atoms with Crippen LogP contribution in [0.2, 0.25) is 0 Å². The Morgan fingerprint density at radius 2 is 2.11 bits per heavy atom. The predicted molar refractivity (Wildman–Crippen MR) is 75.4 cm³/mol. The van der Waals surface area contributed by atoms with Gasteiger partial charge >= 0.3 is 0 Å². The lowest BCUT2D eigenvalue weighted by atomic mass is 9.95. The topological polar surface area (TPSA) is 43.4 Å². The summed E-state index contributed by atoms with van der Waals surface area (Å²) in [4.78, 5) is 4.39. The summed E-state index contributed by atoms with van der Waals surface area (Å²) in [6.45, 7) is 2.11. The van der Waals surface area contributed by atoms with E-state index in [1.165, 1.54) is 5.56 Å². The number of hydrogen-bond acceptors (Lipinski definition) is 4. The summed E-state index contributed by atoms with van der Waals surface area (Å²) in [6, 6.07) is 4.34. The summed E-state index contributed by atoms with van der Waals surface area (Å²) >= 11 is 0. The Bertz CT molecular complexity index is 380. The molecule has 3 atom stereocenters. The molecule has 1 N–H and O–H groups in total. The van der Waals surface area contributed by atoms with Crippen molar-refractivity contribution in [3.63, 3.8) is 0 Å². The molecule has 1 aliphatic rings. The molecule has 106 valence electrons. The Balaban J connectivity index is 1.92. The van der Waals surface area contributed by atoms with E-state index in [4.69, 9.17) is 9.47 Å². The molecule has 2 rings (SSSR count). The first kappa shape index (κ1) is 14.3. The summed E-state index contributed by atoms with van der Waals surface area (Å²) in [5.74, 6) is 0.716. The number of ether oxygens (including phenoxy) is 2. The number of aromatic nitrogens is 1. The highest BCUT2D eigenvalue weighted by atomic mass is 16.5. The molecule has 0 aliphatic heterocycles. The number of pyridine rings is 1. The highest BCUT2D eigenvalue weighted by Crippen LogP contribution is 2.24. The fraction of sp³-hybridized carbons (Fsp3) is 0.667. The third kappa shape index (κ3) is 3.91. The maximum atomic E-state index is 5.94. The molecular formula is C15H24N2O2. The minimum absolute atomic E-state index is 0.235. The van der Waals surface area contributed by atoms with Crippen LogP contribution in [0.4, 0.5) is 0 Å². The Kier molecular flexibility index (Phi) is 5.16. The van der Waals surface area contributed by atoms with E-state index in [-0.39, 0.29) is 6.10 Å². The van der Waals surface area contributed by atoms with E-state index in [1.54, 1.807) is 7.11 Å². The van der Waals surface area contributed by atoms with Crippen LogP contribution in [0.5, 0.6) is 5.88 Å². The molecule has 1 heterocycles. The van der Waals surface area contributed by atoms with E-state index in [0.717, 1.165) is 25.7 Å². The smallest absolute Gasteiger partial charge is 0.213 e. The fourth-order valence-electron chi connectivity index (χ4n) is 2.48. The van der Waals surface area contributed by atoms with Crippen LogP contribution in [-0.4, -0.2) is 31.3 Å². The molecule has 0 aromatic carbocycles. The van der Waals surface area contributed by atoms with Crippen molar-refractivity contribution in [3.05, 3.63) is 23.9 Å². The van der Waals surface area contributed by atoms with Crippen molar-refractivity contribution in [2.75, 3.05) is 14.2 Å². The zero-order valence-electron chi connectivity index (χ0n) is 12.1. The molecule has 0 bridgehead atoms. The maximum absolute atomic E-state index is 5.94. The summed E-state index contributed by atoms with van der Waals surface area (Å²) < 4.78 is 11.4. The lowest BCUT2D eigenvalue weighted by Crippen LogP contribution is -2.29. The van der Waals surface area contributed by atoms with Gasteiger partial charge in [0, 0.05) is 31.8 Å². The van der Waals surface area contributed by atoms with Crippen molar-refractivity contribution in [1.82, 2.24) is 10.3 Å². The minimum Gasteiger partial charge on any atom is -0.474 e. The molecule has 4 nitrogen and oxygen atoms in total. The summed E-state index contributed by atoms with van der Waals surface area (Å²) in [6.07, 6.45) is 6.82. The van der Waals surface area contributed by atoms with E-state index < -0.39 is 0 Å². The molecule has 0 radical (unpaired) electrons. The summed E-state index contributed by atoms with van der Waals surface area (Å²) in [7, 11) is 3.72. The largest absolute Gasteiger partial charge is 0.474 e. The summed E-state index contributed by atoms with van der Waals surface area (Å²) in [5.41, 5.74) is 1.17. The van der Waals surface area contributed by atoms with Crippen molar-refractivity contribution in [1.29, 1.82) is 0 Å². The van der Waals surface area contributed by atoms with Crippen molar-refractivity contribution in [2.24, 2.45) is 0 Å². The van der Waals surface area contributed by atoms with Crippen LogP contribution in [0, 0.1) is 0 Å². The SMILES string of the molecule is CNC(C)c1ccc(OC2CCCC(OC)C2)nc1. The molecule has 1 fully saturated rings. The molecule has 0 spiro atoms. The minimum atomic E-state index is 0.235. The van der Waals surface area contributed by atoms with Crippen LogP contribution in [0.1, 0.15) is 44.2 Å². The first-order valence-electron chi connectivity index (χ1n) is 7.05. The van der Waals surface area contributed by atoms with E-state index in [9.17, 15) is 0 Å². The molecule has 1 aliphatic carbocycles. The number of nitrogens with one attached hydrogen (secondary N) is 1. The monoisotopic (exact) mass is 264 g/mol. The Morgan fingerprint density at radius 3 is 2.74 bits per heavy atom. The van der Waals surface area contributed by atoms with Gasteiger partial charge < -0.3 is 14.8 Å². The normalized spacial score (nSPS) is 25.0. The molecule has 1 aromatic rings. The van der Waals surface area contributed by atoms with Crippen LogP contribution in [0.15, 0.2) is 18.3 Å². The molecule has 0 saturated heterocycles. The molecule has 1 aromatic heterocycles. The second-order valence-corrected chi connectivity index (χ2v) is 5.20. The van der Waals surface area contributed by atoms with Crippen molar-refractivity contribution < 1.29 is 9.47 Å². The van der Waals surface area contributed by atoms with Crippen LogP contribution >= 0.6 is 0 Å². The maximum Gasteiger partial charge on any atom is 0.213 e. The van der Waals surface area contributed by atoms with E-state index in [2.05, 4.69) is 23.3 Å². The quantitative estimate of drug-likeness (QED) is 0.888. The van der Waals surface area contributed by atoms with Gasteiger partial charge in [0.25, 0.3) is 0 Å². The second kappa shape index (κ2) is 6.87. The van der Waals surface area contributed by atoms with Gasteiger partial charge in [-0.15, -0.1) is 0 Å². The predicted octanol–water partition coefficient (Wildman–Crippen LogP) is 2.70. The molecular weight excluding hydrogens is 240 g/mol. The zero-order valence-corrected chi connectivity index (χ0v) is 12.1. The van der Waals surface area contributed by atoms with Gasteiger partial charge in [0.1, 0.15) is 6.10 Å². The van der Waals surface area contributed by atoms with Gasteiger partial charge in [0.05, 0.1) is 6.10 Å². The van der Waals surface area contributed by atoms with Crippen molar-refractivity contribution in [3.8, 4) is 5.88 Å². The van der Waals surface area contributed by atoms with Gasteiger partial charge in [-0.3, -0.25) is 0 Å². The lowest BCUT2D eigenvalue weighted by molar-refractivity contribution is 0.0195. The fourth-order valence-corrected chi connectivity index (χ4v) is 2.48. The van der Waals surface area contributed by atoms with E-state index >= 15 is 0 Å². The summed E-state index contributed by atoms with van der Waals surface area (Å²) in [5, 5.41) is 3.20. The van der Waals surface area contributed by atoms with Crippen molar-refractivity contribution in [2.45, 2.75) is 50.9 Å². The van der Waals surface area contributed by atoms with Gasteiger partial charge in [-0.1, -0.05) is 6.07 Å². The number of nitrogens with zero attached hydrogens (tertiary/aromatic N) is 1. The lowest BCUT2D eigenvalue weighted by Gasteiger charge is -2.28. The first-order chi connectivity index (χ1) is 9.22. The Labute approximate surface area is 115 Å². The first-order valence-corrected chi connectivity index (χ1v) is 7.05. The third-order valence-corrected chi connectivity index (χ3v) is 3.89. The second-order valence-electron chi connectivity index (χ2n) is 5.20. The molecule has 0 amide bonds. The highest BCUT2D eigenvalue weighted by molar-refractivity contribution is 5.20. The van der Waals surface area contributed by atoms with Gasteiger partial charge in [-0.05, 0) is 38.8 Å². The van der Waals surface area contributed by atoms with Crippen LogP contribution < -0.4 is 10.1 Å². The van der Waals surface area contributed by atoms with Crippen LogP contribution in [-0.2, 0) is 4.74 Å². The van der Waals surface area contributed by atoms with E-state index in [0.29, 0.717) is 18.0 Å². The van der Waals surface area contributed by atoms with Crippen LogP contribution in [0.3, 0.4) is 0 Å². The highest BCUT2D eigenvalue weighted by Gasteiger charge is 2.23. The number of rotatable bonds is 5. The number of methoxy groups -OCH3 is 1. The average Bonchev–Trinajstić information content (AvgIpc) is 2.47. The van der Waals surface area contributed by atoms with Gasteiger partial charge in [0.15, 0.2) is 0 Å². The van der Waals surface area contributed by atoms with Gasteiger partial charge in [0.2, 0.25) is 5.88 Å². The molecule has 1 saturated carbocycles. The molecule has 19 heavy (non-hydrogen) atoms. The zero-order chi connectivity index (χ0) is 13.7. The molecule has 4 heteroatoms. The standard InChI is InChI=1S/C15H24N2O2/c1-11(16-2)12-7-8-15(17-10-12)19-14-6-4-5-13(9-14)18-3/h7-8,10-11,13-14,16H,4-6,9H2,1-3H3. The third-order valence-electron chi connectivity index (χ3n) is 3.89.